The molecule has 0 fully saturated rings. The Hall–Kier alpha value is -0.380. The van der Waals surface area contributed by atoms with Crippen LogP contribution in [0, 0.1) is 0 Å². The van der Waals surface area contributed by atoms with Gasteiger partial charge in [0.15, 0.2) is 0 Å². The van der Waals surface area contributed by atoms with Crippen LogP contribution in [0.25, 0.3) is 0 Å². The zero-order chi connectivity index (χ0) is 12.0. The molecule has 0 radical (unpaired) electrons. The van der Waals surface area contributed by atoms with Crippen LogP contribution in [0.3, 0.4) is 0 Å². The number of hydrogen-bond acceptors (Lipinski definition) is 2. The molecular formula is C10H16ClN2O2P. The Balaban J connectivity index is 2.57. The average Bonchev–Trinajstić information content (AvgIpc) is 2.27. The highest BCUT2D eigenvalue weighted by atomic mass is 35.5. The largest absolute Gasteiger partial charge is 0.338 e. The van der Waals surface area contributed by atoms with Crippen LogP contribution in [0.4, 0.5) is 0 Å². The number of nitrogens with two attached hydrogens (primary N) is 1. The van der Waals surface area contributed by atoms with Gasteiger partial charge in [0.05, 0.1) is 6.10 Å². The van der Waals surface area contributed by atoms with Gasteiger partial charge in [-0.1, -0.05) is 30.3 Å². The van der Waals surface area contributed by atoms with Crippen molar-refractivity contribution in [3.05, 3.63) is 35.9 Å². The van der Waals surface area contributed by atoms with E-state index in [0.29, 0.717) is 12.4 Å². The molecule has 4 nitrogen and oxygen atoms in total. The van der Waals surface area contributed by atoms with E-state index < -0.39 is 7.67 Å². The van der Waals surface area contributed by atoms with Gasteiger partial charge in [0.1, 0.15) is 0 Å². The van der Waals surface area contributed by atoms with Crippen LogP contribution >= 0.6 is 19.3 Å². The number of benzene rings is 1. The van der Waals surface area contributed by atoms with Gasteiger partial charge < -0.3 is 0 Å². The number of nitrogens with one attached hydrogen (secondary N) is 1. The standard InChI is InChI=1S/C10H16ClN2O2P/c1-9(10-5-3-2-4-6-10)15-16(12,14)13-8-7-11/h2-6,9H,7-8H2,1H3,(H3,12,13,14). The highest BCUT2D eigenvalue weighted by Gasteiger charge is 2.20. The van der Waals surface area contributed by atoms with Crippen LogP contribution in [-0.2, 0) is 9.09 Å². The van der Waals surface area contributed by atoms with Gasteiger partial charge in [0.2, 0.25) is 0 Å². The predicted molar refractivity (Wildman–Crippen MR) is 66.5 cm³/mol. The zero-order valence-electron chi connectivity index (χ0n) is 9.10. The Morgan fingerprint density at radius 3 is 2.69 bits per heavy atom. The van der Waals surface area contributed by atoms with Crippen LogP contribution in [0.5, 0.6) is 0 Å². The van der Waals surface area contributed by atoms with Crippen molar-refractivity contribution in [1.82, 2.24) is 5.09 Å². The molecule has 90 valence electrons. The van der Waals surface area contributed by atoms with Gasteiger partial charge in [0, 0.05) is 12.4 Å². The third kappa shape index (κ3) is 4.64. The highest BCUT2D eigenvalue weighted by molar-refractivity contribution is 7.54. The Labute approximate surface area is 101 Å². The molecule has 1 rings (SSSR count). The topological polar surface area (TPSA) is 64.3 Å². The number of halogens is 1. The maximum absolute atomic E-state index is 11.7. The Morgan fingerprint density at radius 1 is 1.50 bits per heavy atom. The summed E-state index contributed by atoms with van der Waals surface area (Å²) in [5, 5.41) is 2.59. The molecule has 2 atom stereocenters. The van der Waals surface area contributed by atoms with E-state index >= 15 is 0 Å². The molecule has 6 heteroatoms. The lowest BCUT2D eigenvalue weighted by Gasteiger charge is -2.19. The van der Waals surface area contributed by atoms with E-state index in [-0.39, 0.29) is 6.10 Å². The molecule has 2 unspecified atom stereocenters. The first-order chi connectivity index (χ1) is 7.55. The molecule has 0 bridgehead atoms. The van der Waals surface area contributed by atoms with E-state index in [2.05, 4.69) is 5.09 Å². The summed E-state index contributed by atoms with van der Waals surface area (Å²) >= 11 is 5.47. The summed E-state index contributed by atoms with van der Waals surface area (Å²) in [4.78, 5) is 0. The van der Waals surface area contributed by atoms with E-state index in [0.717, 1.165) is 5.56 Å². The fraction of sp³-hybridized carbons (Fsp3) is 0.400. The van der Waals surface area contributed by atoms with Crippen molar-refractivity contribution in [2.75, 3.05) is 12.4 Å². The van der Waals surface area contributed by atoms with Crippen molar-refractivity contribution in [1.29, 1.82) is 0 Å². The summed E-state index contributed by atoms with van der Waals surface area (Å²) in [6.07, 6.45) is -0.320. The number of rotatable bonds is 6. The van der Waals surface area contributed by atoms with Gasteiger partial charge in [0.25, 0.3) is 0 Å². The SMILES string of the molecule is CC(OP(N)(=O)NCCCl)c1ccccc1. The minimum atomic E-state index is -3.27. The minimum absolute atomic E-state index is 0.320. The fourth-order valence-electron chi connectivity index (χ4n) is 1.26. The first kappa shape index (κ1) is 13.7. The second kappa shape index (κ2) is 6.38. The third-order valence-electron chi connectivity index (χ3n) is 2.01. The molecule has 0 aromatic heterocycles. The van der Waals surface area contributed by atoms with Crippen molar-refractivity contribution >= 4 is 19.3 Å². The quantitative estimate of drug-likeness (QED) is 0.611. The molecule has 16 heavy (non-hydrogen) atoms. The van der Waals surface area contributed by atoms with Crippen molar-refractivity contribution in [3.63, 3.8) is 0 Å². The molecule has 0 saturated heterocycles. The van der Waals surface area contributed by atoms with Gasteiger partial charge in [-0.3, -0.25) is 9.09 Å². The summed E-state index contributed by atoms with van der Waals surface area (Å²) in [5.74, 6) is 0.338. The Kier molecular flexibility index (Phi) is 5.46. The average molecular weight is 263 g/mol. The fourth-order valence-corrected chi connectivity index (χ4v) is 2.57. The Morgan fingerprint density at radius 2 is 2.12 bits per heavy atom. The second-order valence-corrected chi connectivity index (χ2v) is 5.45. The molecule has 1 aromatic carbocycles. The summed E-state index contributed by atoms with van der Waals surface area (Å²) in [7, 11) is -3.27. The van der Waals surface area contributed by atoms with Crippen LogP contribution in [0.15, 0.2) is 30.3 Å². The van der Waals surface area contributed by atoms with E-state index in [1.807, 2.05) is 30.3 Å². The number of alkyl halides is 1. The van der Waals surface area contributed by atoms with E-state index in [1.165, 1.54) is 0 Å². The summed E-state index contributed by atoms with van der Waals surface area (Å²) in [6.45, 7) is 2.16. The van der Waals surface area contributed by atoms with E-state index in [4.69, 9.17) is 21.6 Å². The molecule has 1 aromatic rings. The molecule has 0 spiro atoms. The number of hydrogen-bond donors (Lipinski definition) is 2. The molecule has 0 aliphatic rings. The summed E-state index contributed by atoms with van der Waals surface area (Å²) in [6, 6.07) is 9.48. The molecule has 0 saturated carbocycles. The van der Waals surface area contributed by atoms with Crippen molar-refractivity contribution < 1.29 is 9.09 Å². The Bertz CT molecular complexity index is 361. The molecule has 3 N–H and O–H groups in total. The van der Waals surface area contributed by atoms with Crippen LogP contribution in [0.2, 0.25) is 0 Å². The third-order valence-corrected chi connectivity index (χ3v) is 3.49. The molecule has 0 aliphatic carbocycles. The second-order valence-electron chi connectivity index (χ2n) is 3.35. The van der Waals surface area contributed by atoms with Crippen LogP contribution in [0.1, 0.15) is 18.6 Å². The van der Waals surface area contributed by atoms with Gasteiger partial charge in [-0.15, -0.1) is 11.6 Å². The van der Waals surface area contributed by atoms with Crippen LogP contribution < -0.4 is 10.6 Å². The molecule has 0 aliphatic heterocycles. The zero-order valence-corrected chi connectivity index (χ0v) is 10.7. The lowest BCUT2D eigenvalue weighted by molar-refractivity contribution is 0.224. The van der Waals surface area contributed by atoms with Gasteiger partial charge in [-0.05, 0) is 12.5 Å². The smallest absolute Gasteiger partial charge is 0.298 e. The lowest BCUT2D eigenvalue weighted by Crippen LogP contribution is -2.21. The van der Waals surface area contributed by atoms with E-state index in [1.54, 1.807) is 6.92 Å². The predicted octanol–water partition coefficient (Wildman–Crippen LogP) is 2.66. The van der Waals surface area contributed by atoms with Gasteiger partial charge in [-0.25, -0.2) is 10.6 Å². The molecule has 0 amide bonds. The van der Waals surface area contributed by atoms with Gasteiger partial charge in [-0.2, -0.15) is 0 Å². The highest BCUT2D eigenvalue weighted by Crippen LogP contribution is 2.38. The van der Waals surface area contributed by atoms with Crippen LogP contribution in [-0.4, -0.2) is 12.4 Å². The lowest BCUT2D eigenvalue weighted by atomic mass is 10.1. The maximum atomic E-state index is 11.7. The van der Waals surface area contributed by atoms with Crippen molar-refractivity contribution in [3.8, 4) is 0 Å². The molecule has 0 heterocycles. The van der Waals surface area contributed by atoms with Crippen molar-refractivity contribution in [2.24, 2.45) is 5.50 Å². The summed E-state index contributed by atoms with van der Waals surface area (Å²) < 4.78 is 17.0. The first-order valence-electron chi connectivity index (χ1n) is 4.98. The first-order valence-corrected chi connectivity index (χ1v) is 7.21. The van der Waals surface area contributed by atoms with Crippen molar-refractivity contribution in [2.45, 2.75) is 13.0 Å². The monoisotopic (exact) mass is 262 g/mol. The van der Waals surface area contributed by atoms with E-state index in [9.17, 15) is 4.57 Å². The normalized spacial score (nSPS) is 16.7. The minimum Gasteiger partial charge on any atom is -0.298 e. The van der Waals surface area contributed by atoms with Gasteiger partial charge >= 0.3 is 7.67 Å². The molecular weight excluding hydrogens is 247 g/mol. The maximum Gasteiger partial charge on any atom is 0.338 e. The summed E-state index contributed by atoms with van der Waals surface area (Å²) in [5.41, 5.74) is 6.44.